The number of halogens is 1. The van der Waals surface area contributed by atoms with Gasteiger partial charge in [-0.1, -0.05) is 40.5 Å². The molecule has 1 saturated heterocycles. The topological polar surface area (TPSA) is 12.0 Å². The van der Waals surface area contributed by atoms with Crippen molar-refractivity contribution in [2.45, 2.75) is 51.1 Å². The summed E-state index contributed by atoms with van der Waals surface area (Å²) in [6, 6.07) is 9.97. The van der Waals surface area contributed by atoms with Gasteiger partial charge in [-0.15, -0.1) is 0 Å². The van der Waals surface area contributed by atoms with Crippen molar-refractivity contribution in [2.24, 2.45) is 0 Å². The van der Waals surface area contributed by atoms with Crippen molar-refractivity contribution in [1.82, 2.24) is 5.32 Å². The van der Waals surface area contributed by atoms with E-state index in [1.165, 1.54) is 42.1 Å². The molecule has 1 aromatic rings. The maximum absolute atomic E-state index is 3.69. The van der Waals surface area contributed by atoms with E-state index in [1.807, 2.05) is 0 Å². The molecule has 2 atom stereocenters. The lowest BCUT2D eigenvalue weighted by atomic mass is 9.95. The lowest BCUT2D eigenvalue weighted by Crippen LogP contribution is -2.40. The Bertz CT molecular complexity index is 337. The van der Waals surface area contributed by atoms with E-state index in [0.717, 1.165) is 6.04 Å². The number of benzene rings is 1. The van der Waals surface area contributed by atoms with Gasteiger partial charge in [-0.25, -0.2) is 0 Å². The predicted molar refractivity (Wildman–Crippen MR) is 72.7 cm³/mol. The lowest BCUT2D eigenvalue weighted by molar-refractivity contribution is 0.322. The van der Waals surface area contributed by atoms with Gasteiger partial charge in [0.2, 0.25) is 0 Å². The summed E-state index contributed by atoms with van der Waals surface area (Å²) in [5.41, 5.74) is 1.43. The summed E-state index contributed by atoms with van der Waals surface area (Å²) in [5, 5.41) is 3.69. The van der Waals surface area contributed by atoms with Crippen molar-refractivity contribution in [3.8, 4) is 0 Å². The Morgan fingerprint density at radius 3 is 2.88 bits per heavy atom. The van der Waals surface area contributed by atoms with Gasteiger partial charge in [0, 0.05) is 16.6 Å². The molecule has 1 heterocycles. The van der Waals surface area contributed by atoms with E-state index >= 15 is 0 Å². The fraction of sp³-hybridized carbons (Fsp3) is 0.571. The van der Waals surface area contributed by atoms with Crippen LogP contribution in [0.3, 0.4) is 0 Å². The van der Waals surface area contributed by atoms with Crippen LogP contribution in [0.1, 0.15) is 38.2 Å². The second-order valence-electron chi connectivity index (χ2n) is 4.83. The molecule has 2 heteroatoms. The molecule has 2 unspecified atom stereocenters. The largest absolute Gasteiger partial charge is 0.311 e. The molecule has 0 bridgehead atoms. The van der Waals surface area contributed by atoms with E-state index < -0.39 is 0 Å². The quantitative estimate of drug-likeness (QED) is 0.886. The molecule has 0 spiro atoms. The van der Waals surface area contributed by atoms with E-state index in [0.29, 0.717) is 6.04 Å². The second kappa shape index (κ2) is 5.83. The molecule has 0 radical (unpaired) electrons. The van der Waals surface area contributed by atoms with Crippen LogP contribution in [0.15, 0.2) is 28.7 Å². The first kappa shape index (κ1) is 12.1. The van der Waals surface area contributed by atoms with Gasteiger partial charge in [-0.3, -0.25) is 0 Å². The smallest absolute Gasteiger partial charge is 0.0207 e. The number of hydrogen-bond acceptors (Lipinski definition) is 1. The molecule has 1 aliphatic heterocycles. The molecular weight excluding hydrogens is 262 g/mol. The summed E-state index contributed by atoms with van der Waals surface area (Å²) < 4.78 is 1.25. The molecule has 16 heavy (non-hydrogen) atoms. The van der Waals surface area contributed by atoms with E-state index in [4.69, 9.17) is 0 Å². The second-order valence-corrected chi connectivity index (χ2v) is 5.68. The summed E-state index contributed by atoms with van der Waals surface area (Å²) in [6.07, 6.45) is 6.49. The first-order chi connectivity index (χ1) is 7.75. The zero-order valence-corrected chi connectivity index (χ0v) is 11.5. The highest BCUT2D eigenvalue weighted by molar-refractivity contribution is 9.10. The lowest BCUT2D eigenvalue weighted by Gasteiger charge is -2.28. The Morgan fingerprint density at radius 1 is 1.31 bits per heavy atom. The molecule has 0 aromatic heterocycles. The highest BCUT2D eigenvalue weighted by Crippen LogP contribution is 2.21. The minimum absolute atomic E-state index is 0.706. The number of piperidine rings is 1. The zero-order valence-electron chi connectivity index (χ0n) is 9.88. The van der Waals surface area contributed by atoms with Gasteiger partial charge in [0.25, 0.3) is 0 Å². The predicted octanol–water partition coefficient (Wildman–Crippen LogP) is 3.91. The van der Waals surface area contributed by atoms with Crippen LogP contribution < -0.4 is 5.32 Å². The van der Waals surface area contributed by atoms with E-state index in [9.17, 15) is 0 Å². The molecule has 1 aliphatic rings. The minimum atomic E-state index is 0.706. The standard InChI is InChI=1S/C14H20BrN/c1-11-5-4-7-13(16-11)10-9-12-6-2-3-8-14(12)15/h2-3,6,8,11,13,16H,4-5,7,9-10H2,1H3. The molecule has 1 nitrogen and oxygen atoms in total. The van der Waals surface area contributed by atoms with Crippen molar-refractivity contribution in [1.29, 1.82) is 0 Å². The van der Waals surface area contributed by atoms with Crippen LogP contribution >= 0.6 is 15.9 Å². The summed E-state index contributed by atoms with van der Waals surface area (Å²) in [4.78, 5) is 0. The number of aryl methyl sites for hydroxylation is 1. The van der Waals surface area contributed by atoms with E-state index in [-0.39, 0.29) is 0 Å². The van der Waals surface area contributed by atoms with Gasteiger partial charge in [0.1, 0.15) is 0 Å². The SMILES string of the molecule is CC1CCCC(CCc2ccccc2Br)N1. The van der Waals surface area contributed by atoms with Gasteiger partial charge < -0.3 is 5.32 Å². The zero-order chi connectivity index (χ0) is 11.4. The van der Waals surface area contributed by atoms with E-state index in [2.05, 4.69) is 52.4 Å². The third kappa shape index (κ3) is 3.33. The molecule has 88 valence electrons. The highest BCUT2D eigenvalue weighted by atomic mass is 79.9. The van der Waals surface area contributed by atoms with Crippen LogP contribution in [0.2, 0.25) is 0 Å². The molecular formula is C14H20BrN. The minimum Gasteiger partial charge on any atom is -0.311 e. The Balaban J connectivity index is 1.85. The third-order valence-electron chi connectivity index (χ3n) is 3.43. The van der Waals surface area contributed by atoms with Gasteiger partial charge in [-0.2, -0.15) is 0 Å². The van der Waals surface area contributed by atoms with Crippen LogP contribution in [-0.4, -0.2) is 12.1 Å². The maximum atomic E-state index is 3.69. The van der Waals surface area contributed by atoms with Crippen molar-refractivity contribution >= 4 is 15.9 Å². The average Bonchev–Trinajstić information content (AvgIpc) is 2.28. The molecule has 0 amide bonds. The number of rotatable bonds is 3. The average molecular weight is 282 g/mol. The summed E-state index contributed by atoms with van der Waals surface area (Å²) >= 11 is 3.61. The molecule has 0 aliphatic carbocycles. The highest BCUT2D eigenvalue weighted by Gasteiger charge is 2.17. The fourth-order valence-corrected chi connectivity index (χ4v) is 2.98. The monoisotopic (exact) mass is 281 g/mol. The molecule has 2 rings (SSSR count). The van der Waals surface area contributed by atoms with Gasteiger partial charge in [0.15, 0.2) is 0 Å². The Labute approximate surface area is 107 Å². The molecule has 1 aromatic carbocycles. The first-order valence-electron chi connectivity index (χ1n) is 6.25. The summed E-state index contributed by atoms with van der Waals surface area (Å²) in [6.45, 7) is 2.30. The maximum Gasteiger partial charge on any atom is 0.0207 e. The number of hydrogen-bond donors (Lipinski definition) is 1. The van der Waals surface area contributed by atoms with Crippen LogP contribution in [0.5, 0.6) is 0 Å². The van der Waals surface area contributed by atoms with Gasteiger partial charge in [-0.05, 0) is 44.2 Å². The normalized spacial score (nSPS) is 25.6. The van der Waals surface area contributed by atoms with Crippen molar-refractivity contribution in [3.63, 3.8) is 0 Å². The Kier molecular flexibility index (Phi) is 4.42. The summed E-state index contributed by atoms with van der Waals surface area (Å²) in [5.74, 6) is 0. The summed E-state index contributed by atoms with van der Waals surface area (Å²) in [7, 11) is 0. The molecule has 1 fully saturated rings. The van der Waals surface area contributed by atoms with Gasteiger partial charge >= 0.3 is 0 Å². The van der Waals surface area contributed by atoms with Crippen molar-refractivity contribution in [3.05, 3.63) is 34.3 Å². The van der Waals surface area contributed by atoms with E-state index in [1.54, 1.807) is 0 Å². The number of nitrogens with one attached hydrogen (secondary N) is 1. The van der Waals surface area contributed by atoms with Crippen LogP contribution in [-0.2, 0) is 6.42 Å². The Morgan fingerprint density at radius 2 is 2.12 bits per heavy atom. The molecule has 1 N–H and O–H groups in total. The fourth-order valence-electron chi connectivity index (χ4n) is 2.50. The van der Waals surface area contributed by atoms with Crippen molar-refractivity contribution in [2.75, 3.05) is 0 Å². The molecule has 0 saturated carbocycles. The van der Waals surface area contributed by atoms with Crippen molar-refractivity contribution < 1.29 is 0 Å². The third-order valence-corrected chi connectivity index (χ3v) is 4.20. The Hall–Kier alpha value is -0.340. The first-order valence-corrected chi connectivity index (χ1v) is 7.04. The van der Waals surface area contributed by atoms with Gasteiger partial charge in [0.05, 0.1) is 0 Å². The van der Waals surface area contributed by atoms with Crippen LogP contribution in [0.25, 0.3) is 0 Å². The van der Waals surface area contributed by atoms with Crippen LogP contribution in [0, 0.1) is 0 Å². The van der Waals surface area contributed by atoms with Crippen LogP contribution in [0.4, 0.5) is 0 Å².